The Hall–Kier alpha value is -1.17. The molecule has 0 aliphatic rings. The Morgan fingerprint density at radius 1 is 1.42 bits per heavy atom. The highest BCUT2D eigenvalue weighted by Gasteiger charge is 2.18. The Morgan fingerprint density at radius 2 is 2.21 bits per heavy atom. The summed E-state index contributed by atoms with van der Waals surface area (Å²) < 4.78 is 3.19. The van der Waals surface area contributed by atoms with Crippen LogP contribution in [0.2, 0.25) is 0 Å². The van der Waals surface area contributed by atoms with Gasteiger partial charge in [-0.1, -0.05) is 28.9 Å². The third-order valence-electron chi connectivity index (χ3n) is 3.03. The topological polar surface area (TPSA) is 55.9 Å². The number of nitrogens with zero attached hydrogens (tertiary/aromatic N) is 2. The summed E-state index contributed by atoms with van der Waals surface area (Å²) >= 11 is 3.53. The van der Waals surface area contributed by atoms with Crippen LogP contribution in [-0.4, -0.2) is 9.55 Å². The molecule has 1 unspecified atom stereocenters. The molecule has 0 aliphatic carbocycles. The van der Waals surface area contributed by atoms with Crippen LogP contribution in [0.25, 0.3) is 0 Å². The molecule has 5 heteroatoms. The van der Waals surface area contributed by atoms with Gasteiger partial charge in [0.1, 0.15) is 11.9 Å². The fourth-order valence-electron chi connectivity index (χ4n) is 2.26. The van der Waals surface area contributed by atoms with Crippen molar-refractivity contribution in [2.75, 3.05) is 0 Å². The zero-order chi connectivity index (χ0) is 13.8. The van der Waals surface area contributed by atoms with E-state index in [-0.39, 0.29) is 6.04 Å². The van der Waals surface area contributed by atoms with Crippen LogP contribution in [0, 0.1) is 6.92 Å². The number of aromatic nitrogens is 2. The molecule has 1 atom stereocenters. The largest absolute Gasteiger partial charge is 0.333 e. The summed E-state index contributed by atoms with van der Waals surface area (Å²) in [6.07, 6.45) is 4.88. The Labute approximate surface area is 122 Å². The second-order valence-corrected chi connectivity index (χ2v) is 5.56. The molecular weight excluding hydrogens is 304 g/mol. The summed E-state index contributed by atoms with van der Waals surface area (Å²) in [5.74, 6) is 6.69. The second-order valence-electron chi connectivity index (χ2n) is 4.64. The third kappa shape index (κ3) is 3.23. The van der Waals surface area contributed by atoms with Crippen LogP contribution in [0.4, 0.5) is 0 Å². The number of aryl methyl sites for hydroxylation is 2. The third-order valence-corrected chi connectivity index (χ3v) is 3.49. The number of hydrogen-bond acceptors (Lipinski definition) is 3. The molecule has 2 rings (SSSR count). The van der Waals surface area contributed by atoms with Gasteiger partial charge in [0.15, 0.2) is 0 Å². The predicted molar refractivity (Wildman–Crippen MR) is 80.6 cm³/mol. The van der Waals surface area contributed by atoms with E-state index in [2.05, 4.69) is 63.0 Å². The molecule has 0 radical (unpaired) electrons. The summed E-state index contributed by atoms with van der Waals surface area (Å²) in [5, 5.41) is 0. The van der Waals surface area contributed by atoms with Gasteiger partial charge < -0.3 is 4.57 Å². The Bertz CT molecular complexity index is 530. The minimum Gasteiger partial charge on any atom is -0.333 e. The number of imidazole rings is 1. The van der Waals surface area contributed by atoms with Gasteiger partial charge in [0.25, 0.3) is 0 Å². The molecule has 0 spiro atoms. The maximum Gasteiger partial charge on any atom is 0.131 e. The van der Waals surface area contributed by atoms with Crippen LogP contribution >= 0.6 is 15.9 Å². The number of nitrogens with two attached hydrogens (primary N) is 1. The minimum atomic E-state index is -0.0993. The average Bonchev–Trinajstić information content (AvgIpc) is 2.78. The van der Waals surface area contributed by atoms with Crippen LogP contribution in [0.15, 0.2) is 35.1 Å². The zero-order valence-corrected chi connectivity index (χ0v) is 12.8. The van der Waals surface area contributed by atoms with Crippen molar-refractivity contribution in [3.8, 4) is 0 Å². The molecule has 1 aromatic heterocycles. The molecule has 19 heavy (non-hydrogen) atoms. The number of nitrogens with one attached hydrogen (secondary N) is 1. The first kappa shape index (κ1) is 14.2. The van der Waals surface area contributed by atoms with Crippen molar-refractivity contribution in [2.24, 2.45) is 5.84 Å². The fraction of sp³-hybridized carbons (Fsp3) is 0.357. The molecule has 0 aliphatic heterocycles. The average molecular weight is 323 g/mol. The smallest absolute Gasteiger partial charge is 0.131 e. The van der Waals surface area contributed by atoms with Gasteiger partial charge in [-0.05, 0) is 36.6 Å². The maximum atomic E-state index is 5.74. The molecular formula is C14H19BrN4. The van der Waals surface area contributed by atoms with E-state index >= 15 is 0 Å². The lowest BCUT2D eigenvalue weighted by molar-refractivity contribution is 0.545. The van der Waals surface area contributed by atoms with Crippen molar-refractivity contribution in [2.45, 2.75) is 32.9 Å². The molecule has 0 saturated heterocycles. The standard InChI is InChI=1S/C14H19BrN4/c1-3-5-19-6-4-17-14(19)13(18-16)11-7-10(2)8-12(15)9-11/h4,6-9,13,18H,3,5,16H2,1-2H3. The van der Waals surface area contributed by atoms with Crippen LogP contribution in [0.5, 0.6) is 0 Å². The van der Waals surface area contributed by atoms with Crippen molar-refractivity contribution in [1.82, 2.24) is 15.0 Å². The molecule has 1 heterocycles. The van der Waals surface area contributed by atoms with E-state index in [0.29, 0.717) is 0 Å². The SMILES string of the molecule is CCCn1ccnc1C(NN)c1cc(C)cc(Br)c1. The number of halogens is 1. The van der Waals surface area contributed by atoms with Crippen molar-refractivity contribution in [3.05, 3.63) is 52.0 Å². The van der Waals surface area contributed by atoms with Gasteiger partial charge in [-0.25, -0.2) is 10.4 Å². The van der Waals surface area contributed by atoms with Gasteiger partial charge in [0, 0.05) is 23.4 Å². The van der Waals surface area contributed by atoms with Crippen molar-refractivity contribution < 1.29 is 0 Å². The normalized spacial score (nSPS) is 12.6. The number of rotatable bonds is 5. The Balaban J connectivity index is 2.40. The summed E-state index contributed by atoms with van der Waals surface area (Å²) in [6.45, 7) is 5.17. The quantitative estimate of drug-likeness (QED) is 0.657. The van der Waals surface area contributed by atoms with E-state index in [1.807, 2.05) is 12.4 Å². The molecule has 0 amide bonds. The Kier molecular flexibility index (Phi) is 4.74. The minimum absolute atomic E-state index is 0.0993. The van der Waals surface area contributed by atoms with Gasteiger partial charge in [0.05, 0.1) is 0 Å². The molecule has 0 fully saturated rings. The van der Waals surface area contributed by atoms with E-state index in [1.54, 1.807) is 0 Å². The van der Waals surface area contributed by atoms with Gasteiger partial charge in [-0.15, -0.1) is 0 Å². The molecule has 0 bridgehead atoms. The highest BCUT2D eigenvalue weighted by molar-refractivity contribution is 9.10. The molecule has 1 aromatic carbocycles. The van der Waals surface area contributed by atoms with Crippen molar-refractivity contribution >= 4 is 15.9 Å². The van der Waals surface area contributed by atoms with Crippen LogP contribution in [-0.2, 0) is 6.54 Å². The number of hydrazine groups is 1. The van der Waals surface area contributed by atoms with Crippen molar-refractivity contribution in [3.63, 3.8) is 0 Å². The van der Waals surface area contributed by atoms with Gasteiger partial charge in [-0.2, -0.15) is 0 Å². The van der Waals surface area contributed by atoms with E-state index in [4.69, 9.17) is 5.84 Å². The highest BCUT2D eigenvalue weighted by Crippen LogP contribution is 2.24. The van der Waals surface area contributed by atoms with Gasteiger partial charge in [0.2, 0.25) is 0 Å². The number of benzene rings is 1. The van der Waals surface area contributed by atoms with E-state index in [0.717, 1.165) is 28.8 Å². The summed E-state index contributed by atoms with van der Waals surface area (Å²) in [5.41, 5.74) is 5.17. The fourth-order valence-corrected chi connectivity index (χ4v) is 2.89. The summed E-state index contributed by atoms with van der Waals surface area (Å²) in [4.78, 5) is 4.45. The molecule has 0 saturated carbocycles. The first-order valence-electron chi connectivity index (χ1n) is 6.40. The number of hydrogen-bond donors (Lipinski definition) is 2. The Morgan fingerprint density at radius 3 is 2.84 bits per heavy atom. The maximum absolute atomic E-state index is 5.74. The lowest BCUT2D eigenvalue weighted by atomic mass is 10.0. The van der Waals surface area contributed by atoms with Crippen LogP contribution in [0.3, 0.4) is 0 Å². The lowest BCUT2D eigenvalue weighted by Crippen LogP contribution is -2.31. The monoisotopic (exact) mass is 322 g/mol. The van der Waals surface area contributed by atoms with Crippen LogP contribution in [0.1, 0.15) is 36.3 Å². The lowest BCUT2D eigenvalue weighted by Gasteiger charge is -2.18. The first-order valence-corrected chi connectivity index (χ1v) is 7.19. The first-order chi connectivity index (χ1) is 9.15. The van der Waals surface area contributed by atoms with E-state index in [9.17, 15) is 0 Å². The van der Waals surface area contributed by atoms with Gasteiger partial charge in [-0.3, -0.25) is 5.84 Å². The summed E-state index contributed by atoms with van der Waals surface area (Å²) in [7, 11) is 0. The van der Waals surface area contributed by atoms with Gasteiger partial charge >= 0.3 is 0 Å². The molecule has 102 valence electrons. The van der Waals surface area contributed by atoms with E-state index in [1.165, 1.54) is 5.56 Å². The predicted octanol–water partition coefficient (Wildman–Crippen LogP) is 2.92. The zero-order valence-electron chi connectivity index (χ0n) is 11.2. The molecule has 3 N–H and O–H groups in total. The molecule has 2 aromatic rings. The van der Waals surface area contributed by atoms with Crippen LogP contribution < -0.4 is 11.3 Å². The van der Waals surface area contributed by atoms with E-state index < -0.39 is 0 Å². The molecule has 4 nitrogen and oxygen atoms in total. The summed E-state index contributed by atoms with van der Waals surface area (Å²) in [6, 6.07) is 6.18. The van der Waals surface area contributed by atoms with Crippen molar-refractivity contribution in [1.29, 1.82) is 0 Å². The highest BCUT2D eigenvalue weighted by atomic mass is 79.9. The second kappa shape index (κ2) is 6.32.